The monoisotopic (exact) mass is 296 g/mol. The van der Waals surface area contributed by atoms with Crippen molar-refractivity contribution in [2.24, 2.45) is 0 Å². The van der Waals surface area contributed by atoms with Crippen molar-refractivity contribution in [2.45, 2.75) is 6.42 Å². The van der Waals surface area contributed by atoms with Gasteiger partial charge in [0, 0.05) is 20.3 Å². The Morgan fingerprint density at radius 1 is 1.41 bits per heavy atom. The molecule has 0 aliphatic heterocycles. The van der Waals surface area contributed by atoms with Crippen LogP contribution < -0.4 is 5.32 Å². The van der Waals surface area contributed by atoms with Crippen LogP contribution in [0.5, 0.6) is 0 Å². The van der Waals surface area contributed by atoms with Gasteiger partial charge in [0.1, 0.15) is 11.6 Å². The van der Waals surface area contributed by atoms with E-state index in [1.807, 2.05) is 30.3 Å². The van der Waals surface area contributed by atoms with Crippen LogP contribution in [-0.2, 0) is 9.53 Å². The van der Waals surface area contributed by atoms with Gasteiger partial charge in [-0.25, -0.2) is 4.98 Å². The summed E-state index contributed by atoms with van der Waals surface area (Å²) in [5, 5.41) is 11.8. The van der Waals surface area contributed by atoms with E-state index in [0.29, 0.717) is 30.8 Å². The smallest absolute Gasteiger partial charge is 0.262 e. The van der Waals surface area contributed by atoms with Gasteiger partial charge in [-0.3, -0.25) is 9.78 Å². The number of carbonyl (C=O) groups excluding carboxylic acids is 1. The van der Waals surface area contributed by atoms with E-state index in [2.05, 4.69) is 15.3 Å². The molecule has 6 heteroatoms. The molecule has 0 unspecified atom stereocenters. The highest BCUT2D eigenvalue weighted by atomic mass is 16.5. The fraction of sp³-hybridized carbons (Fsp3) is 0.250. The summed E-state index contributed by atoms with van der Waals surface area (Å²) in [6, 6.07) is 9.30. The number of fused-ring (bicyclic) bond motifs is 1. The Hall–Kier alpha value is -2.78. The van der Waals surface area contributed by atoms with Gasteiger partial charge in [0.2, 0.25) is 0 Å². The van der Waals surface area contributed by atoms with Crippen LogP contribution in [0, 0.1) is 11.3 Å². The van der Waals surface area contributed by atoms with Crippen molar-refractivity contribution < 1.29 is 9.53 Å². The van der Waals surface area contributed by atoms with E-state index in [1.54, 1.807) is 7.11 Å². The SMILES string of the molecule is COCCCNC(=O)/C(C#N)=C/c1cnc2ccccc2n1. The Morgan fingerprint density at radius 3 is 2.91 bits per heavy atom. The van der Waals surface area contributed by atoms with Crippen LogP contribution in [0.15, 0.2) is 36.0 Å². The molecule has 0 aliphatic rings. The van der Waals surface area contributed by atoms with Gasteiger partial charge in [0.05, 0.1) is 22.9 Å². The van der Waals surface area contributed by atoms with Crippen LogP contribution >= 0.6 is 0 Å². The summed E-state index contributed by atoms with van der Waals surface area (Å²) < 4.78 is 4.90. The van der Waals surface area contributed by atoms with Crippen molar-refractivity contribution in [3.05, 3.63) is 41.7 Å². The molecule has 2 aromatic rings. The van der Waals surface area contributed by atoms with Gasteiger partial charge < -0.3 is 10.1 Å². The molecule has 1 amide bonds. The summed E-state index contributed by atoms with van der Waals surface area (Å²) in [5.41, 5.74) is 1.96. The van der Waals surface area contributed by atoms with Crippen molar-refractivity contribution >= 4 is 23.0 Å². The molecule has 22 heavy (non-hydrogen) atoms. The van der Waals surface area contributed by atoms with Crippen molar-refractivity contribution in [1.29, 1.82) is 5.26 Å². The van der Waals surface area contributed by atoms with Crippen molar-refractivity contribution in [1.82, 2.24) is 15.3 Å². The standard InChI is InChI=1S/C16H16N4O2/c1-22-8-4-7-18-16(21)12(10-17)9-13-11-19-14-5-2-3-6-15(14)20-13/h2-3,5-6,9,11H,4,7-8H2,1H3,(H,18,21)/b12-9+. The first-order valence-corrected chi connectivity index (χ1v) is 6.85. The number of carbonyl (C=O) groups is 1. The van der Waals surface area contributed by atoms with Crippen molar-refractivity contribution in [3.63, 3.8) is 0 Å². The molecule has 0 atom stereocenters. The van der Waals surface area contributed by atoms with E-state index in [0.717, 1.165) is 5.52 Å². The first kappa shape index (κ1) is 15.6. The van der Waals surface area contributed by atoms with E-state index < -0.39 is 5.91 Å². The van der Waals surface area contributed by atoms with Gasteiger partial charge in [-0.05, 0) is 24.6 Å². The number of nitrogens with one attached hydrogen (secondary N) is 1. The number of para-hydroxylation sites is 2. The minimum atomic E-state index is -0.423. The fourth-order valence-corrected chi connectivity index (χ4v) is 1.85. The summed E-state index contributed by atoms with van der Waals surface area (Å²) in [4.78, 5) is 20.5. The van der Waals surface area contributed by atoms with E-state index in [9.17, 15) is 4.79 Å². The second-order valence-corrected chi connectivity index (χ2v) is 4.56. The molecule has 0 fully saturated rings. The number of rotatable bonds is 6. The third-order valence-corrected chi connectivity index (χ3v) is 2.94. The Kier molecular flexibility index (Phi) is 5.57. The molecule has 1 aromatic carbocycles. The van der Waals surface area contributed by atoms with E-state index in [-0.39, 0.29) is 5.57 Å². The molecular weight excluding hydrogens is 280 g/mol. The van der Waals surface area contributed by atoms with Crippen LogP contribution in [-0.4, -0.2) is 36.1 Å². The Morgan fingerprint density at radius 2 is 2.18 bits per heavy atom. The summed E-state index contributed by atoms with van der Waals surface area (Å²) in [7, 11) is 1.60. The lowest BCUT2D eigenvalue weighted by atomic mass is 10.2. The van der Waals surface area contributed by atoms with E-state index >= 15 is 0 Å². The zero-order valence-corrected chi connectivity index (χ0v) is 12.2. The zero-order valence-electron chi connectivity index (χ0n) is 12.2. The van der Waals surface area contributed by atoms with E-state index in [4.69, 9.17) is 10.00 Å². The molecule has 2 rings (SSSR count). The minimum Gasteiger partial charge on any atom is -0.385 e. The quantitative estimate of drug-likeness (QED) is 0.498. The molecule has 0 bridgehead atoms. The van der Waals surface area contributed by atoms with Crippen LogP contribution in [0.1, 0.15) is 12.1 Å². The largest absolute Gasteiger partial charge is 0.385 e. The molecule has 0 radical (unpaired) electrons. The predicted octanol–water partition coefficient (Wildman–Crippen LogP) is 1.69. The average molecular weight is 296 g/mol. The maximum Gasteiger partial charge on any atom is 0.262 e. The Balaban J connectivity index is 2.12. The second-order valence-electron chi connectivity index (χ2n) is 4.56. The van der Waals surface area contributed by atoms with E-state index in [1.165, 1.54) is 12.3 Å². The normalized spacial score (nSPS) is 11.2. The lowest BCUT2D eigenvalue weighted by molar-refractivity contribution is -0.117. The summed E-state index contributed by atoms with van der Waals surface area (Å²) >= 11 is 0. The highest BCUT2D eigenvalue weighted by molar-refractivity contribution is 6.01. The predicted molar refractivity (Wildman–Crippen MR) is 82.6 cm³/mol. The van der Waals surface area contributed by atoms with Crippen molar-refractivity contribution in [3.8, 4) is 6.07 Å². The number of aromatic nitrogens is 2. The topological polar surface area (TPSA) is 87.9 Å². The molecule has 0 aliphatic carbocycles. The first-order valence-electron chi connectivity index (χ1n) is 6.85. The number of methoxy groups -OCH3 is 1. The third kappa shape index (κ3) is 4.11. The molecule has 1 N–H and O–H groups in total. The second kappa shape index (κ2) is 7.86. The number of nitriles is 1. The molecule has 1 aromatic heterocycles. The molecule has 0 spiro atoms. The fourth-order valence-electron chi connectivity index (χ4n) is 1.85. The number of hydrogen-bond donors (Lipinski definition) is 1. The van der Waals surface area contributed by atoms with Crippen LogP contribution in [0.2, 0.25) is 0 Å². The Labute approximate surface area is 128 Å². The number of hydrogen-bond acceptors (Lipinski definition) is 5. The zero-order chi connectivity index (χ0) is 15.8. The number of nitrogens with zero attached hydrogens (tertiary/aromatic N) is 3. The van der Waals surface area contributed by atoms with Crippen LogP contribution in [0.25, 0.3) is 17.1 Å². The number of amides is 1. The van der Waals surface area contributed by atoms with Crippen molar-refractivity contribution in [2.75, 3.05) is 20.3 Å². The maximum atomic E-state index is 11.9. The number of benzene rings is 1. The van der Waals surface area contributed by atoms with Gasteiger partial charge in [-0.1, -0.05) is 12.1 Å². The van der Waals surface area contributed by atoms with Crippen LogP contribution in [0.4, 0.5) is 0 Å². The van der Waals surface area contributed by atoms with Gasteiger partial charge in [0.25, 0.3) is 5.91 Å². The average Bonchev–Trinajstić information content (AvgIpc) is 2.56. The molecule has 0 saturated carbocycles. The first-order chi connectivity index (χ1) is 10.7. The summed E-state index contributed by atoms with van der Waals surface area (Å²) in [6.07, 6.45) is 3.67. The van der Waals surface area contributed by atoms with Gasteiger partial charge >= 0.3 is 0 Å². The van der Waals surface area contributed by atoms with Gasteiger partial charge in [0.15, 0.2) is 0 Å². The Bertz CT molecular complexity index is 734. The third-order valence-electron chi connectivity index (χ3n) is 2.94. The molecule has 0 saturated heterocycles. The maximum absolute atomic E-state index is 11.9. The van der Waals surface area contributed by atoms with Gasteiger partial charge in [-0.15, -0.1) is 0 Å². The molecular formula is C16H16N4O2. The highest BCUT2D eigenvalue weighted by Gasteiger charge is 2.09. The van der Waals surface area contributed by atoms with Gasteiger partial charge in [-0.2, -0.15) is 5.26 Å². The minimum absolute atomic E-state index is 0.00185. The molecule has 1 heterocycles. The highest BCUT2D eigenvalue weighted by Crippen LogP contribution is 2.10. The summed E-state index contributed by atoms with van der Waals surface area (Å²) in [6.45, 7) is 1.01. The number of ether oxygens (including phenoxy) is 1. The molecule has 112 valence electrons. The lowest BCUT2D eigenvalue weighted by Crippen LogP contribution is -2.26. The summed E-state index contributed by atoms with van der Waals surface area (Å²) in [5.74, 6) is -0.423. The lowest BCUT2D eigenvalue weighted by Gasteiger charge is -2.03. The van der Waals surface area contributed by atoms with Crippen LogP contribution in [0.3, 0.4) is 0 Å². The molecule has 6 nitrogen and oxygen atoms in total.